The Morgan fingerprint density at radius 1 is 1.37 bits per heavy atom. The van der Waals surface area contributed by atoms with E-state index >= 15 is 0 Å². The van der Waals surface area contributed by atoms with Crippen molar-refractivity contribution in [2.45, 2.75) is 19.6 Å². The fourth-order valence-corrected chi connectivity index (χ4v) is 2.91. The van der Waals surface area contributed by atoms with Crippen molar-refractivity contribution in [1.29, 1.82) is 0 Å². The molecule has 102 valence electrons. The highest BCUT2D eigenvalue weighted by atomic mass is 35.5. The number of benzene rings is 1. The summed E-state index contributed by atoms with van der Waals surface area (Å²) in [6, 6.07) is 8.15. The zero-order chi connectivity index (χ0) is 13.2. The molecule has 0 bridgehead atoms. The predicted molar refractivity (Wildman–Crippen MR) is 78.8 cm³/mol. The van der Waals surface area contributed by atoms with E-state index in [1.165, 1.54) is 10.9 Å². The van der Waals surface area contributed by atoms with Crippen LogP contribution in [-0.4, -0.2) is 41.8 Å². The molecule has 0 radical (unpaired) electrons. The van der Waals surface area contributed by atoms with Gasteiger partial charge in [0.1, 0.15) is 0 Å². The Bertz CT molecular complexity index is 566. The van der Waals surface area contributed by atoms with Gasteiger partial charge in [0.2, 0.25) is 0 Å². The van der Waals surface area contributed by atoms with Crippen LogP contribution in [-0.2, 0) is 11.3 Å². The maximum atomic E-state index is 6.02. The van der Waals surface area contributed by atoms with Crippen molar-refractivity contribution in [2.75, 3.05) is 26.2 Å². The Morgan fingerprint density at radius 2 is 2.26 bits per heavy atom. The third-order valence-corrected chi connectivity index (χ3v) is 4.04. The highest BCUT2D eigenvalue weighted by Gasteiger charge is 2.19. The van der Waals surface area contributed by atoms with Gasteiger partial charge in [0.05, 0.1) is 19.3 Å². The van der Waals surface area contributed by atoms with E-state index in [0.29, 0.717) is 0 Å². The molecule has 3 nitrogen and oxygen atoms in total. The summed E-state index contributed by atoms with van der Waals surface area (Å²) < 4.78 is 8.13. The lowest BCUT2D eigenvalue weighted by molar-refractivity contribution is -0.0337. The molecule has 19 heavy (non-hydrogen) atoms. The van der Waals surface area contributed by atoms with E-state index < -0.39 is 0 Å². The molecule has 1 aliphatic rings. The van der Waals surface area contributed by atoms with E-state index in [-0.39, 0.29) is 6.10 Å². The molecule has 1 saturated heterocycles. The second-order valence-corrected chi connectivity index (χ2v) is 5.49. The van der Waals surface area contributed by atoms with Crippen molar-refractivity contribution in [3.8, 4) is 0 Å². The van der Waals surface area contributed by atoms with Crippen LogP contribution in [0, 0.1) is 0 Å². The van der Waals surface area contributed by atoms with Crippen LogP contribution < -0.4 is 0 Å². The molecule has 0 N–H and O–H groups in total. The average Bonchev–Trinajstić information content (AvgIpc) is 2.81. The maximum absolute atomic E-state index is 6.02. The number of rotatable bonds is 3. The zero-order valence-electron chi connectivity index (χ0n) is 11.2. The molecular weight excluding hydrogens is 260 g/mol. The van der Waals surface area contributed by atoms with Gasteiger partial charge in [-0.15, -0.1) is 0 Å². The first-order valence-corrected chi connectivity index (χ1v) is 7.22. The molecule has 2 aromatic rings. The number of fused-ring (bicyclic) bond motifs is 1. The van der Waals surface area contributed by atoms with E-state index in [2.05, 4.69) is 34.7 Å². The molecule has 0 spiro atoms. The van der Waals surface area contributed by atoms with Crippen LogP contribution >= 0.6 is 11.6 Å². The summed E-state index contributed by atoms with van der Waals surface area (Å²) in [5.41, 5.74) is 1.22. The van der Waals surface area contributed by atoms with Crippen molar-refractivity contribution >= 4 is 22.5 Å². The van der Waals surface area contributed by atoms with Crippen LogP contribution in [0.25, 0.3) is 10.9 Å². The minimum atomic E-state index is 0.278. The number of likely N-dealkylation sites (N-methyl/N-ethyl adjacent to an activating group) is 1. The lowest BCUT2D eigenvalue weighted by atomic mass is 10.2. The molecule has 1 aliphatic heterocycles. The van der Waals surface area contributed by atoms with E-state index in [1.54, 1.807) is 0 Å². The van der Waals surface area contributed by atoms with Gasteiger partial charge in [-0.2, -0.15) is 0 Å². The first-order chi connectivity index (χ1) is 9.26. The summed E-state index contributed by atoms with van der Waals surface area (Å²) in [6.45, 7) is 7.11. The monoisotopic (exact) mass is 278 g/mol. The standard InChI is InChI=1S/C15H19ClN2O/c1-2-17-7-8-19-14(10-17)11-18-6-5-12-9-13(16)3-4-15(12)18/h3-6,9,14H,2,7-8,10-11H2,1H3. The predicted octanol–water partition coefficient (Wildman–Crippen LogP) is 3.02. The van der Waals surface area contributed by atoms with Crippen LogP contribution in [0.4, 0.5) is 0 Å². The van der Waals surface area contributed by atoms with Gasteiger partial charge in [0, 0.05) is 35.2 Å². The summed E-state index contributed by atoms with van der Waals surface area (Å²) in [5.74, 6) is 0. The lowest BCUT2D eigenvalue weighted by Crippen LogP contribution is -2.43. The molecule has 3 rings (SSSR count). The van der Waals surface area contributed by atoms with E-state index in [4.69, 9.17) is 16.3 Å². The van der Waals surface area contributed by atoms with Crippen molar-refractivity contribution in [2.24, 2.45) is 0 Å². The molecule has 0 saturated carbocycles. The van der Waals surface area contributed by atoms with Crippen molar-refractivity contribution in [3.05, 3.63) is 35.5 Å². The zero-order valence-corrected chi connectivity index (χ0v) is 11.9. The molecule has 2 heterocycles. The van der Waals surface area contributed by atoms with Crippen LogP contribution in [0.3, 0.4) is 0 Å². The van der Waals surface area contributed by atoms with Crippen LogP contribution in [0.1, 0.15) is 6.92 Å². The number of aromatic nitrogens is 1. The number of hydrogen-bond donors (Lipinski definition) is 0. The fourth-order valence-electron chi connectivity index (χ4n) is 2.73. The third-order valence-electron chi connectivity index (χ3n) is 3.80. The van der Waals surface area contributed by atoms with Gasteiger partial charge in [-0.1, -0.05) is 18.5 Å². The van der Waals surface area contributed by atoms with Gasteiger partial charge in [0.15, 0.2) is 0 Å². The summed E-state index contributed by atoms with van der Waals surface area (Å²) in [4.78, 5) is 2.44. The number of nitrogens with zero attached hydrogens (tertiary/aromatic N) is 2. The quantitative estimate of drug-likeness (QED) is 0.859. The van der Waals surface area contributed by atoms with E-state index in [1.807, 2.05) is 12.1 Å². The summed E-state index contributed by atoms with van der Waals surface area (Å²) in [5, 5.41) is 1.98. The molecule has 0 amide bonds. The fraction of sp³-hybridized carbons (Fsp3) is 0.467. The van der Waals surface area contributed by atoms with Crippen molar-refractivity contribution in [3.63, 3.8) is 0 Å². The van der Waals surface area contributed by atoms with Gasteiger partial charge in [-0.25, -0.2) is 0 Å². The summed E-state index contributed by atoms with van der Waals surface area (Å²) in [7, 11) is 0. The third kappa shape index (κ3) is 2.78. The van der Waals surface area contributed by atoms with Gasteiger partial charge in [-0.05, 0) is 30.8 Å². The number of halogens is 1. The first kappa shape index (κ1) is 13.0. The minimum Gasteiger partial charge on any atom is -0.374 e. The van der Waals surface area contributed by atoms with E-state index in [9.17, 15) is 0 Å². The average molecular weight is 279 g/mol. The number of morpholine rings is 1. The molecule has 4 heteroatoms. The van der Waals surface area contributed by atoms with Gasteiger partial charge >= 0.3 is 0 Å². The SMILES string of the molecule is CCN1CCOC(Cn2ccc3cc(Cl)ccc32)C1. The minimum absolute atomic E-state index is 0.278. The molecule has 1 atom stereocenters. The van der Waals surface area contributed by atoms with Gasteiger partial charge in [-0.3, -0.25) is 4.90 Å². The normalized spacial score (nSPS) is 21.1. The van der Waals surface area contributed by atoms with Crippen molar-refractivity contribution in [1.82, 2.24) is 9.47 Å². The number of hydrogen-bond acceptors (Lipinski definition) is 2. The van der Waals surface area contributed by atoms with Gasteiger partial charge < -0.3 is 9.30 Å². The molecule has 1 unspecified atom stereocenters. The topological polar surface area (TPSA) is 17.4 Å². The van der Waals surface area contributed by atoms with Gasteiger partial charge in [0.25, 0.3) is 0 Å². The number of ether oxygens (including phenoxy) is 1. The van der Waals surface area contributed by atoms with E-state index in [0.717, 1.165) is 37.8 Å². The Balaban J connectivity index is 1.77. The van der Waals surface area contributed by atoms with Crippen LogP contribution in [0.15, 0.2) is 30.5 Å². The Kier molecular flexibility index (Phi) is 3.78. The van der Waals surface area contributed by atoms with Crippen molar-refractivity contribution < 1.29 is 4.74 Å². The Hall–Kier alpha value is -1.03. The second kappa shape index (κ2) is 5.53. The molecular formula is C15H19ClN2O. The molecule has 1 aromatic heterocycles. The first-order valence-electron chi connectivity index (χ1n) is 6.84. The molecule has 1 fully saturated rings. The molecule has 1 aromatic carbocycles. The summed E-state index contributed by atoms with van der Waals surface area (Å²) >= 11 is 6.02. The maximum Gasteiger partial charge on any atom is 0.0881 e. The Labute approximate surface area is 118 Å². The van der Waals surface area contributed by atoms with Crippen LogP contribution in [0.2, 0.25) is 5.02 Å². The smallest absolute Gasteiger partial charge is 0.0881 e. The summed E-state index contributed by atoms with van der Waals surface area (Å²) in [6.07, 6.45) is 2.40. The molecule has 0 aliphatic carbocycles. The largest absolute Gasteiger partial charge is 0.374 e. The highest BCUT2D eigenvalue weighted by molar-refractivity contribution is 6.31. The van der Waals surface area contributed by atoms with Crippen LogP contribution in [0.5, 0.6) is 0 Å². The highest BCUT2D eigenvalue weighted by Crippen LogP contribution is 2.21. The Morgan fingerprint density at radius 3 is 3.11 bits per heavy atom. The second-order valence-electron chi connectivity index (χ2n) is 5.06. The lowest BCUT2D eigenvalue weighted by Gasteiger charge is -2.32.